The van der Waals surface area contributed by atoms with Gasteiger partial charge < -0.3 is 5.32 Å². The Balaban J connectivity index is 1.90. The van der Waals surface area contributed by atoms with Crippen LogP contribution in [0.25, 0.3) is 0 Å². The Labute approximate surface area is 211 Å². The van der Waals surface area contributed by atoms with Crippen LogP contribution < -0.4 is 9.62 Å². The van der Waals surface area contributed by atoms with Gasteiger partial charge in [0.25, 0.3) is 10.0 Å². The Morgan fingerprint density at radius 3 is 2.15 bits per heavy atom. The number of nitrogens with one attached hydrogen (secondary N) is 1. The third-order valence-electron chi connectivity index (χ3n) is 6.55. The first-order chi connectivity index (χ1) is 15.8. The van der Waals surface area contributed by atoms with E-state index in [9.17, 15) is 17.6 Å². The van der Waals surface area contributed by atoms with E-state index >= 15 is 0 Å². The minimum atomic E-state index is -4.31. The molecule has 3 rings (SSSR count). The zero-order chi connectivity index (χ0) is 25.3. The molecule has 0 aliphatic heterocycles. The molecule has 1 saturated carbocycles. The number of sulfonamides is 1. The number of hydrogen-bond acceptors (Lipinski definition) is 3. The smallest absolute Gasteiger partial charge is 0.265 e. The highest BCUT2D eigenvalue weighted by molar-refractivity contribution is 7.93. The first-order valence-electron chi connectivity index (χ1n) is 11.4. The molecule has 1 fully saturated rings. The lowest BCUT2D eigenvalue weighted by Gasteiger charge is -2.38. The first-order valence-corrected chi connectivity index (χ1v) is 13.6. The largest absolute Gasteiger partial charge is 0.352 e. The summed E-state index contributed by atoms with van der Waals surface area (Å²) in [5.74, 6) is -0.719. The van der Waals surface area contributed by atoms with Crippen molar-refractivity contribution in [3.05, 3.63) is 58.3 Å². The molecule has 2 aromatic carbocycles. The summed E-state index contributed by atoms with van der Waals surface area (Å²) in [5.41, 5.74) is -0.0860. The number of hydrogen-bond donors (Lipinski definition) is 1. The minimum absolute atomic E-state index is 0.0576. The van der Waals surface area contributed by atoms with Crippen LogP contribution in [0.15, 0.2) is 47.4 Å². The van der Waals surface area contributed by atoms with E-state index in [1.807, 2.05) is 0 Å². The number of anilines is 1. The summed E-state index contributed by atoms with van der Waals surface area (Å²) >= 11 is 12.0. The van der Waals surface area contributed by atoms with Crippen LogP contribution in [0.4, 0.5) is 10.1 Å². The third kappa shape index (κ3) is 6.04. The van der Waals surface area contributed by atoms with Gasteiger partial charge in [-0.3, -0.25) is 9.10 Å². The van der Waals surface area contributed by atoms with Crippen LogP contribution >= 0.6 is 23.2 Å². The van der Waals surface area contributed by atoms with E-state index < -0.39 is 27.8 Å². The lowest BCUT2D eigenvalue weighted by molar-refractivity contribution is -0.122. The van der Waals surface area contributed by atoms with Gasteiger partial charge in [-0.05, 0) is 86.4 Å². The van der Waals surface area contributed by atoms with Crippen molar-refractivity contribution in [2.75, 3.05) is 4.31 Å². The molecule has 0 bridgehead atoms. The quantitative estimate of drug-likeness (QED) is 0.469. The fourth-order valence-corrected chi connectivity index (χ4v) is 6.36. The second-order valence-corrected chi connectivity index (χ2v) is 12.6. The van der Waals surface area contributed by atoms with Crippen LogP contribution in [-0.2, 0) is 14.8 Å². The number of carbonyl (C=O) groups is 1. The predicted octanol–water partition coefficient (Wildman–Crippen LogP) is 6.44. The lowest BCUT2D eigenvalue weighted by atomic mass is 9.71. The highest BCUT2D eigenvalue weighted by Crippen LogP contribution is 2.38. The molecule has 1 aliphatic carbocycles. The van der Waals surface area contributed by atoms with E-state index in [1.54, 1.807) is 0 Å². The van der Waals surface area contributed by atoms with Gasteiger partial charge in [-0.25, -0.2) is 12.8 Å². The minimum Gasteiger partial charge on any atom is -0.352 e. The molecular weight excluding hydrogens is 498 g/mol. The predicted molar refractivity (Wildman–Crippen MR) is 135 cm³/mol. The van der Waals surface area contributed by atoms with Crippen molar-refractivity contribution in [3.8, 4) is 0 Å². The molecule has 9 heteroatoms. The number of halogens is 3. The molecule has 0 saturated heterocycles. The number of nitrogens with zero attached hydrogens (tertiary/aromatic N) is 1. The zero-order valence-electron chi connectivity index (χ0n) is 19.8. The number of rotatable bonds is 6. The van der Waals surface area contributed by atoms with Crippen molar-refractivity contribution in [1.82, 2.24) is 5.32 Å². The van der Waals surface area contributed by atoms with Gasteiger partial charge in [-0.15, -0.1) is 0 Å². The molecule has 0 radical (unpaired) electrons. The standard InChI is InChI=1S/C25H31Cl2FN2O3S/c1-16(24(31)29-20-10-5-17(6-11-20)25(2,3)4)30(23-15-19(27)9-14-22(23)28)34(32,33)21-12-7-18(26)8-13-21/h7-9,12-17,20H,5-6,10-11H2,1-4H3,(H,29,31)/t16-,17?,20?/m1/s1. The van der Waals surface area contributed by atoms with Crippen LogP contribution in [0.5, 0.6) is 0 Å². The van der Waals surface area contributed by atoms with Crippen LogP contribution in [0, 0.1) is 17.2 Å². The molecular formula is C25H31Cl2FN2O3S. The van der Waals surface area contributed by atoms with Crippen LogP contribution in [0.1, 0.15) is 53.4 Å². The van der Waals surface area contributed by atoms with Crippen molar-refractivity contribution in [3.63, 3.8) is 0 Å². The molecule has 0 spiro atoms. The molecule has 1 atom stereocenters. The van der Waals surface area contributed by atoms with Gasteiger partial charge in [0, 0.05) is 16.1 Å². The summed E-state index contributed by atoms with van der Waals surface area (Å²) in [6, 6.07) is 7.86. The Kier molecular flexibility index (Phi) is 8.21. The van der Waals surface area contributed by atoms with Crippen molar-refractivity contribution >= 4 is 44.8 Å². The average molecular weight is 530 g/mol. The monoisotopic (exact) mass is 528 g/mol. The van der Waals surface area contributed by atoms with Gasteiger partial charge in [0.2, 0.25) is 5.91 Å². The van der Waals surface area contributed by atoms with E-state index in [4.69, 9.17) is 23.2 Å². The summed E-state index contributed by atoms with van der Waals surface area (Å²) in [5, 5.41) is 3.50. The maximum atomic E-state index is 14.8. The molecule has 1 amide bonds. The highest BCUT2D eigenvalue weighted by Gasteiger charge is 2.37. The Morgan fingerprint density at radius 1 is 1.03 bits per heavy atom. The van der Waals surface area contributed by atoms with Gasteiger partial charge in [0.1, 0.15) is 11.9 Å². The third-order valence-corrected chi connectivity index (χ3v) is 8.93. The second kappa shape index (κ2) is 10.4. The van der Waals surface area contributed by atoms with Crippen molar-refractivity contribution < 1.29 is 17.6 Å². The lowest BCUT2D eigenvalue weighted by Crippen LogP contribution is -2.51. The first kappa shape index (κ1) is 26.8. The molecule has 5 nitrogen and oxygen atoms in total. The van der Waals surface area contributed by atoms with Gasteiger partial charge in [0.05, 0.1) is 10.6 Å². The Morgan fingerprint density at radius 2 is 1.59 bits per heavy atom. The zero-order valence-corrected chi connectivity index (χ0v) is 22.1. The topological polar surface area (TPSA) is 66.5 Å². The van der Waals surface area contributed by atoms with E-state index in [0.717, 1.165) is 36.1 Å². The average Bonchev–Trinajstić information content (AvgIpc) is 2.76. The van der Waals surface area contributed by atoms with E-state index in [2.05, 4.69) is 26.1 Å². The van der Waals surface area contributed by atoms with Gasteiger partial charge in [0.15, 0.2) is 0 Å². The molecule has 0 unspecified atom stereocenters. The van der Waals surface area contributed by atoms with Crippen molar-refractivity contribution in [2.24, 2.45) is 11.3 Å². The molecule has 0 heterocycles. The SMILES string of the molecule is C[C@H](C(=O)NC1CCC(C(C)(C)C)CC1)N(c1cc(Cl)ccc1F)S(=O)(=O)c1ccc(Cl)cc1. The number of carbonyl (C=O) groups excluding carboxylic acids is 1. The summed E-state index contributed by atoms with van der Waals surface area (Å²) in [7, 11) is -4.31. The van der Waals surface area contributed by atoms with Gasteiger partial charge in [-0.1, -0.05) is 44.0 Å². The molecule has 1 aliphatic rings. The van der Waals surface area contributed by atoms with Crippen molar-refractivity contribution in [2.45, 2.75) is 70.4 Å². The summed E-state index contributed by atoms with van der Waals surface area (Å²) < 4.78 is 42.8. The summed E-state index contributed by atoms with van der Waals surface area (Å²) in [4.78, 5) is 13.1. The summed E-state index contributed by atoms with van der Waals surface area (Å²) in [6.45, 7) is 8.11. The highest BCUT2D eigenvalue weighted by atomic mass is 35.5. The Bertz CT molecular complexity index is 1130. The van der Waals surface area contributed by atoms with Crippen LogP contribution in [0.3, 0.4) is 0 Å². The molecule has 2 aromatic rings. The normalized spacial score (nSPS) is 20.0. The van der Waals surface area contributed by atoms with Crippen LogP contribution in [-0.4, -0.2) is 26.4 Å². The summed E-state index contributed by atoms with van der Waals surface area (Å²) in [6.07, 6.45) is 3.60. The van der Waals surface area contributed by atoms with Crippen molar-refractivity contribution in [1.29, 1.82) is 0 Å². The molecule has 0 aromatic heterocycles. The molecule has 1 N–H and O–H groups in total. The fourth-order valence-electron chi connectivity index (χ4n) is 4.45. The number of amides is 1. The van der Waals surface area contributed by atoms with Gasteiger partial charge in [-0.2, -0.15) is 0 Å². The van der Waals surface area contributed by atoms with Gasteiger partial charge >= 0.3 is 0 Å². The maximum absolute atomic E-state index is 14.8. The van der Waals surface area contributed by atoms with E-state index in [0.29, 0.717) is 10.9 Å². The Hall–Kier alpha value is -1.83. The van der Waals surface area contributed by atoms with E-state index in [-0.39, 0.29) is 27.1 Å². The fraction of sp³-hybridized carbons (Fsp3) is 0.480. The maximum Gasteiger partial charge on any atom is 0.265 e. The number of benzene rings is 2. The van der Waals surface area contributed by atoms with E-state index in [1.165, 1.54) is 43.3 Å². The molecule has 186 valence electrons. The van der Waals surface area contributed by atoms with Crippen LogP contribution in [0.2, 0.25) is 10.0 Å². The second-order valence-electron chi connectivity index (χ2n) is 9.95. The molecule has 34 heavy (non-hydrogen) atoms.